The summed E-state index contributed by atoms with van der Waals surface area (Å²) in [5.74, 6) is 0.876. The van der Waals surface area contributed by atoms with Gasteiger partial charge in [-0.2, -0.15) is 4.31 Å². The van der Waals surface area contributed by atoms with Crippen LogP contribution in [0.4, 0.5) is 0 Å². The van der Waals surface area contributed by atoms with Crippen LogP contribution in [0.2, 0.25) is 0 Å². The molecule has 5 nitrogen and oxygen atoms in total. The third kappa shape index (κ3) is 3.55. The number of halogens is 1. The lowest BCUT2D eigenvalue weighted by atomic mass is 9.98. The van der Waals surface area contributed by atoms with Crippen LogP contribution in [0.25, 0.3) is 0 Å². The molecule has 0 aromatic carbocycles. The van der Waals surface area contributed by atoms with Crippen LogP contribution in [-0.2, 0) is 15.9 Å². The fourth-order valence-electron chi connectivity index (χ4n) is 2.64. The summed E-state index contributed by atoms with van der Waals surface area (Å²) >= 11 is 5.70. The number of hydrogen-bond donors (Lipinski definition) is 1. The average molecular weight is 320 g/mol. The minimum absolute atomic E-state index is 0.292. The monoisotopic (exact) mass is 319 g/mol. The summed E-state index contributed by atoms with van der Waals surface area (Å²) in [6, 6.07) is 1.62. The normalized spacial score (nSPS) is 18.8. The molecule has 0 aliphatic carbocycles. The van der Waals surface area contributed by atoms with Gasteiger partial charge in [0, 0.05) is 31.5 Å². The van der Waals surface area contributed by atoms with E-state index in [2.05, 4.69) is 24.0 Å². The van der Waals surface area contributed by atoms with Crippen molar-refractivity contribution in [1.82, 2.24) is 14.2 Å². The second-order valence-electron chi connectivity index (χ2n) is 5.60. The highest BCUT2D eigenvalue weighted by Crippen LogP contribution is 2.24. The molecule has 1 fully saturated rings. The van der Waals surface area contributed by atoms with E-state index in [1.807, 2.05) is 0 Å². The van der Waals surface area contributed by atoms with E-state index in [0.29, 0.717) is 29.8 Å². The SMILES string of the molecule is CN(C)CC1CCN(S(=O)(=O)c2c[nH]c(CCl)c2)CC1. The molecule has 114 valence electrons. The fourth-order valence-corrected chi connectivity index (χ4v) is 4.29. The second kappa shape index (κ2) is 6.47. The first kappa shape index (κ1) is 15.8. The smallest absolute Gasteiger partial charge is 0.244 e. The number of aromatic amines is 1. The summed E-state index contributed by atoms with van der Waals surface area (Å²) in [6.07, 6.45) is 3.37. The number of alkyl halides is 1. The van der Waals surface area contributed by atoms with Gasteiger partial charge in [-0.1, -0.05) is 0 Å². The molecule has 1 aliphatic rings. The van der Waals surface area contributed by atoms with Crippen molar-refractivity contribution in [3.8, 4) is 0 Å². The molecule has 0 amide bonds. The van der Waals surface area contributed by atoms with Crippen LogP contribution in [0, 0.1) is 5.92 Å². The molecular weight excluding hydrogens is 298 g/mol. The lowest BCUT2D eigenvalue weighted by Gasteiger charge is -2.32. The van der Waals surface area contributed by atoms with Crippen molar-refractivity contribution in [2.24, 2.45) is 5.92 Å². The first-order valence-electron chi connectivity index (χ1n) is 6.81. The first-order chi connectivity index (χ1) is 9.43. The number of aromatic nitrogens is 1. The predicted octanol–water partition coefficient (Wildman–Crippen LogP) is 1.72. The van der Waals surface area contributed by atoms with Gasteiger partial charge in [-0.3, -0.25) is 0 Å². The first-order valence-corrected chi connectivity index (χ1v) is 8.79. The zero-order valence-corrected chi connectivity index (χ0v) is 13.5. The van der Waals surface area contributed by atoms with Gasteiger partial charge in [0.05, 0.1) is 10.8 Å². The Morgan fingerprint density at radius 1 is 1.40 bits per heavy atom. The van der Waals surface area contributed by atoms with Gasteiger partial charge < -0.3 is 9.88 Å². The van der Waals surface area contributed by atoms with Crippen molar-refractivity contribution < 1.29 is 8.42 Å². The van der Waals surface area contributed by atoms with Crippen molar-refractivity contribution in [2.45, 2.75) is 23.6 Å². The summed E-state index contributed by atoms with van der Waals surface area (Å²) in [5.41, 5.74) is 0.729. The van der Waals surface area contributed by atoms with E-state index in [9.17, 15) is 8.42 Å². The van der Waals surface area contributed by atoms with Crippen LogP contribution in [0.15, 0.2) is 17.2 Å². The quantitative estimate of drug-likeness (QED) is 0.841. The van der Waals surface area contributed by atoms with Gasteiger partial charge >= 0.3 is 0 Å². The molecule has 0 spiro atoms. The van der Waals surface area contributed by atoms with Crippen molar-refractivity contribution in [3.05, 3.63) is 18.0 Å². The van der Waals surface area contributed by atoms with Crippen molar-refractivity contribution in [1.29, 1.82) is 0 Å². The lowest BCUT2D eigenvalue weighted by molar-refractivity contribution is 0.225. The Hall–Kier alpha value is -0.560. The molecule has 1 saturated heterocycles. The van der Waals surface area contributed by atoms with Gasteiger partial charge in [0.1, 0.15) is 0 Å². The number of H-pyrrole nitrogens is 1. The van der Waals surface area contributed by atoms with E-state index >= 15 is 0 Å². The Morgan fingerprint density at radius 2 is 2.05 bits per heavy atom. The molecule has 1 aromatic heterocycles. The van der Waals surface area contributed by atoms with E-state index in [-0.39, 0.29) is 0 Å². The molecule has 1 aliphatic heterocycles. The Morgan fingerprint density at radius 3 is 2.55 bits per heavy atom. The molecule has 0 unspecified atom stereocenters. The average Bonchev–Trinajstić information content (AvgIpc) is 2.88. The number of sulfonamides is 1. The van der Waals surface area contributed by atoms with E-state index in [1.165, 1.54) is 6.20 Å². The summed E-state index contributed by atoms with van der Waals surface area (Å²) in [5, 5.41) is 0. The number of piperidine rings is 1. The van der Waals surface area contributed by atoms with Crippen molar-refractivity contribution in [2.75, 3.05) is 33.7 Å². The summed E-state index contributed by atoms with van der Waals surface area (Å²) < 4.78 is 26.6. The maximum Gasteiger partial charge on any atom is 0.244 e. The number of hydrogen-bond acceptors (Lipinski definition) is 3. The Bertz CT molecular complexity index is 534. The van der Waals surface area contributed by atoms with E-state index in [0.717, 1.165) is 25.1 Å². The topological polar surface area (TPSA) is 56.4 Å². The van der Waals surface area contributed by atoms with Gasteiger partial charge in [0.15, 0.2) is 0 Å². The molecule has 0 bridgehead atoms. The molecule has 0 radical (unpaired) electrons. The molecular formula is C13H22ClN3O2S. The molecule has 2 heterocycles. The largest absolute Gasteiger partial charge is 0.363 e. The minimum Gasteiger partial charge on any atom is -0.363 e. The predicted molar refractivity (Wildman–Crippen MR) is 80.4 cm³/mol. The Kier molecular flexibility index (Phi) is 5.12. The highest BCUT2D eigenvalue weighted by Gasteiger charge is 2.30. The van der Waals surface area contributed by atoms with Crippen molar-refractivity contribution in [3.63, 3.8) is 0 Å². The van der Waals surface area contributed by atoms with E-state index in [1.54, 1.807) is 10.4 Å². The summed E-state index contributed by atoms with van der Waals surface area (Å²) in [7, 11) is 0.731. The standard InChI is InChI=1S/C13H22ClN3O2S/c1-16(2)10-11-3-5-17(6-4-11)20(18,19)13-7-12(8-14)15-9-13/h7,9,11,15H,3-6,8,10H2,1-2H3. The van der Waals surface area contributed by atoms with Gasteiger partial charge in [-0.25, -0.2) is 8.42 Å². The van der Waals surface area contributed by atoms with Gasteiger partial charge in [0.2, 0.25) is 10.0 Å². The molecule has 1 N–H and O–H groups in total. The van der Waals surface area contributed by atoms with Crippen LogP contribution >= 0.6 is 11.6 Å². The minimum atomic E-state index is -3.37. The molecule has 1 aromatic rings. The van der Waals surface area contributed by atoms with Gasteiger partial charge in [0.25, 0.3) is 0 Å². The highest BCUT2D eigenvalue weighted by molar-refractivity contribution is 7.89. The zero-order chi connectivity index (χ0) is 14.8. The zero-order valence-electron chi connectivity index (χ0n) is 12.0. The third-order valence-electron chi connectivity index (χ3n) is 3.69. The van der Waals surface area contributed by atoms with Gasteiger partial charge in [-0.15, -0.1) is 11.6 Å². The summed E-state index contributed by atoms with van der Waals surface area (Å²) in [6.45, 7) is 2.22. The molecule has 0 saturated carbocycles. The van der Waals surface area contributed by atoms with Gasteiger partial charge in [-0.05, 0) is 38.9 Å². The summed E-state index contributed by atoms with van der Waals surface area (Å²) in [4.78, 5) is 5.37. The van der Waals surface area contributed by atoms with E-state index < -0.39 is 10.0 Å². The number of rotatable bonds is 5. The molecule has 2 rings (SSSR count). The Balaban J connectivity index is 2.02. The van der Waals surface area contributed by atoms with Crippen molar-refractivity contribution >= 4 is 21.6 Å². The van der Waals surface area contributed by atoms with Crippen LogP contribution in [-0.4, -0.2) is 56.3 Å². The van der Waals surface area contributed by atoms with Crippen LogP contribution in [0.1, 0.15) is 18.5 Å². The second-order valence-corrected chi connectivity index (χ2v) is 7.81. The fraction of sp³-hybridized carbons (Fsp3) is 0.692. The maximum atomic E-state index is 12.5. The van der Waals surface area contributed by atoms with Crippen LogP contribution < -0.4 is 0 Å². The molecule has 7 heteroatoms. The van der Waals surface area contributed by atoms with Crippen LogP contribution in [0.5, 0.6) is 0 Å². The maximum absolute atomic E-state index is 12.5. The number of nitrogens with one attached hydrogen (secondary N) is 1. The third-order valence-corrected chi connectivity index (χ3v) is 5.86. The number of nitrogens with zero attached hydrogens (tertiary/aromatic N) is 2. The molecule has 20 heavy (non-hydrogen) atoms. The lowest BCUT2D eigenvalue weighted by Crippen LogP contribution is -2.40. The Labute approximate surface area is 126 Å². The van der Waals surface area contributed by atoms with E-state index in [4.69, 9.17) is 11.6 Å². The highest BCUT2D eigenvalue weighted by atomic mass is 35.5. The molecule has 0 atom stereocenters. The van der Waals surface area contributed by atoms with Crippen LogP contribution in [0.3, 0.4) is 0 Å².